The Labute approximate surface area is 163 Å². The maximum absolute atomic E-state index is 12.7. The number of benzene rings is 1. The number of nitrogens with one attached hydrogen (secondary N) is 1. The summed E-state index contributed by atoms with van der Waals surface area (Å²) in [5.41, 5.74) is 0.433. The fourth-order valence-electron chi connectivity index (χ4n) is 3.07. The highest BCUT2D eigenvalue weighted by molar-refractivity contribution is 14.1. The number of fused-ring (bicyclic) bond motifs is 1. The molecule has 134 valence electrons. The maximum atomic E-state index is 12.7. The molecule has 0 saturated carbocycles. The Balaban J connectivity index is 1.81. The second-order valence-electron chi connectivity index (χ2n) is 6.19. The summed E-state index contributed by atoms with van der Waals surface area (Å²) in [5, 5.41) is 13.7. The highest BCUT2D eigenvalue weighted by Crippen LogP contribution is 2.25. The number of carbonyl (C=O) groups excluding carboxylic acids is 1. The first kappa shape index (κ1) is 18.8. The molecule has 6 nitrogen and oxygen atoms in total. The van der Waals surface area contributed by atoms with E-state index in [0.717, 1.165) is 21.4 Å². The molecule has 0 aliphatic carbocycles. The van der Waals surface area contributed by atoms with Gasteiger partial charge in [-0.2, -0.15) is 0 Å². The number of hydrogen-bond acceptors (Lipinski definition) is 6. The molecule has 2 atom stereocenters. The van der Waals surface area contributed by atoms with E-state index in [1.807, 2.05) is 18.4 Å². The molecule has 1 saturated heterocycles. The highest BCUT2D eigenvalue weighted by Gasteiger charge is 2.25. The van der Waals surface area contributed by atoms with Gasteiger partial charge in [0.05, 0.1) is 29.9 Å². The van der Waals surface area contributed by atoms with Crippen molar-refractivity contribution in [2.75, 3.05) is 12.8 Å². The molecule has 2 aromatic rings. The summed E-state index contributed by atoms with van der Waals surface area (Å²) in [6, 6.07) is 3.50. The first-order chi connectivity index (χ1) is 12.0. The molecule has 0 radical (unpaired) electrons. The van der Waals surface area contributed by atoms with Crippen molar-refractivity contribution in [1.29, 1.82) is 0 Å². The molecule has 0 amide bonds. The number of piperidine rings is 1. The van der Waals surface area contributed by atoms with Crippen LogP contribution in [-0.4, -0.2) is 45.4 Å². The second kappa shape index (κ2) is 8.15. The molecular formula is C17H20IN3O3S. The highest BCUT2D eigenvalue weighted by atomic mass is 127. The normalized spacial score (nSPS) is 20.8. The van der Waals surface area contributed by atoms with E-state index in [1.165, 1.54) is 10.9 Å². The summed E-state index contributed by atoms with van der Waals surface area (Å²) >= 11 is 3.80. The fourth-order valence-corrected chi connectivity index (χ4v) is 4.67. The van der Waals surface area contributed by atoms with E-state index in [-0.39, 0.29) is 30.3 Å². The van der Waals surface area contributed by atoms with Crippen molar-refractivity contribution >= 4 is 51.0 Å². The van der Waals surface area contributed by atoms with Crippen molar-refractivity contribution in [3.8, 4) is 0 Å². The Hall–Kier alpha value is -0.970. The second-order valence-corrected chi connectivity index (χ2v) is 8.20. The number of ketones is 1. The van der Waals surface area contributed by atoms with Crippen molar-refractivity contribution in [3.05, 3.63) is 32.4 Å². The van der Waals surface area contributed by atoms with Crippen LogP contribution in [0.4, 0.5) is 0 Å². The monoisotopic (exact) mass is 473 g/mol. The maximum Gasteiger partial charge on any atom is 0.261 e. The Morgan fingerprint density at radius 1 is 1.52 bits per heavy atom. The third kappa shape index (κ3) is 4.24. The van der Waals surface area contributed by atoms with Crippen LogP contribution in [0.1, 0.15) is 19.3 Å². The smallest absolute Gasteiger partial charge is 0.261 e. The van der Waals surface area contributed by atoms with Crippen LogP contribution in [0.25, 0.3) is 10.9 Å². The number of aliphatic hydroxyl groups excluding tert-OH is 1. The summed E-state index contributed by atoms with van der Waals surface area (Å²) in [5.74, 6) is -0.0858. The van der Waals surface area contributed by atoms with Crippen LogP contribution in [-0.2, 0) is 11.3 Å². The van der Waals surface area contributed by atoms with Crippen molar-refractivity contribution in [3.63, 3.8) is 0 Å². The number of Topliss-reactive ketones (excluding diaryl/α,β-unsaturated/α-hetero) is 1. The third-order valence-corrected chi connectivity index (χ3v) is 6.48. The van der Waals surface area contributed by atoms with Crippen LogP contribution in [0.2, 0.25) is 0 Å². The van der Waals surface area contributed by atoms with E-state index in [2.05, 4.69) is 32.9 Å². The first-order valence-corrected chi connectivity index (χ1v) is 10.5. The van der Waals surface area contributed by atoms with Crippen molar-refractivity contribution in [2.24, 2.45) is 0 Å². The van der Waals surface area contributed by atoms with E-state index in [9.17, 15) is 14.7 Å². The molecule has 2 unspecified atom stereocenters. The molecular weight excluding hydrogens is 453 g/mol. The van der Waals surface area contributed by atoms with Gasteiger partial charge in [0.1, 0.15) is 0 Å². The third-order valence-electron chi connectivity index (χ3n) is 4.44. The van der Waals surface area contributed by atoms with Crippen LogP contribution >= 0.6 is 34.4 Å². The van der Waals surface area contributed by atoms with Crippen molar-refractivity contribution in [1.82, 2.24) is 14.9 Å². The summed E-state index contributed by atoms with van der Waals surface area (Å²) in [6.07, 6.45) is 4.73. The number of halogens is 1. The molecule has 0 spiro atoms. The van der Waals surface area contributed by atoms with E-state index in [0.29, 0.717) is 17.3 Å². The van der Waals surface area contributed by atoms with Crippen LogP contribution in [0.3, 0.4) is 0 Å². The first-order valence-electron chi connectivity index (χ1n) is 8.15. The van der Waals surface area contributed by atoms with Crippen molar-refractivity contribution < 1.29 is 9.90 Å². The predicted molar refractivity (Wildman–Crippen MR) is 107 cm³/mol. The van der Waals surface area contributed by atoms with E-state index >= 15 is 0 Å². The van der Waals surface area contributed by atoms with Gasteiger partial charge in [0.2, 0.25) is 0 Å². The zero-order valence-corrected chi connectivity index (χ0v) is 16.8. The zero-order valence-electron chi connectivity index (χ0n) is 13.9. The lowest BCUT2D eigenvalue weighted by atomic mass is 9.97. The Bertz CT molecular complexity index is 855. The summed E-state index contributed by atoms with van der Waals surface area (Å²) < 4.78 is 2.41. The molecule has 8 heteroatoms. The average molecular weight is 473 g/mol. The molecule has 2 N–H and O–H groups in total. The zero-order chi connectivity index (χ0) is 18.0. The molecule has 1 aliphatic heterocycles. The van der Waals surface area contributed by atoms with Crippen LogP contribution in [0, 0.1) is 3.57 Å². The summed E-state index contributed by atoms with van der Waals surface area (Å²) in [4.78, 5) is 30.4. The largest absolute Gasteiger partial charge is 0.391 e. The van der Waals surface area contributed by atoms with Gasteiger partial charge in [-0.3, -0.25) is 14.2 Å². The predicted octanol–water partition coefficient (Wildman–Crippen LogP) is 1.80. The van der Waals surface area contributed by atoms with E-state index in [4.69, 9.17) is 0 Å². The summed E-state index contributed by atoms with van der Waals surface area (Å²) in [6.45, 7) is 0.788. The molecule has 3 rings (SSSR count). The lowest BCUT2D eigenvalue weighted by Gasteiger charge is -2.28. The van der Waals surface area contributed by atoms with Gasteiger partial charge in [0, 0.05) is 20.9 Å². The number of hydrogen-bond donors (Lipinski definition) is 2. The Morgan fingerprint density at radius 3 is 3.04 bits per heavy atom. The fraction of sp³-hybridized carbons (Fsp3) is 0.471. The van der Waals surface area contributed by atoms with Gasteiger partial charge in [0.15, 0.2) is 5.78 Å². The van der Waals surface area contributed by atoms with Crippen LogP contribution in [0.5, 0.6) is 0 Å². The molecule has 0 bridgehead atoms. The number of aromatic nitrogens is 2. The summed E-state index contributed by atoms with van der Waals surface area (Å²) in [7, 11) is 0. The van der Waals surface area contributed by atoms with Gasteiger partial charge >= 0.3 is 0 Å². The minimum Gasteiger partial charge on any atom is -0.391 e. The number of aliphatic hydroxyl groups is 1. The molecule has 25 heavy (non-hydrogen) atoms. The van der Waals surface area contributed by atoms with Crippen LogP contribution < -0.4 is 10.9 Å². The number of thioether (sulfide) groups is 1. The topological polar surface area (TPSA) is 84.2 Å². The molecule has 1 fully saturated rings. The van der Waals surface area contributed by atoms with Crippen molar-refractivity contribution in [2.45, 2.75) is 42.8 Å². The average Bonchev–Trinajstić information content (AvgIpc) is 2.59. The van der Waals surface area contributed by atoms with Gasteiger partial charge < -0.3 is 10.4 Å². The van der Waals surface area contributed by atoms with Gasteiger partial charge in [-0.15, -0.1) is 11.8 Å². The quantitative estimate of drug-likeness (QED) is 0.509. The van der Waals surface area contributed by atoms with Gasteiger partial charge in [0.25, 0.3) is 5.56 Å². The standard InChI is InChI=1S/C17H20IN3O3S/c1-25-16-6-11-13(7-12(16)18)20-9-21(17(11)24)8-10(22)5-14-15(23)3-2-4-19-14/h6-7,9,14-15,19,23H,2-5,8H2,1H3. The molecule has 1 aromatic heterocycles. The van der Waals surface area contributed by atoms with E-state index in [1.54, 1.807) is 11.8 Å². The molecule has 2 heterocycles. The lowest BCUT2D eigenvalue weighted by Crippen LogP contribution is -2.46. The molecule has 1 aromatic carbocycles. The van der Waals surface area contributed by atoms with Gasteiger partial charge in [-0.25, -0.2) is 4.98 Å². The van der Waals surface area contributed by atoms with Gasteiger partial charge in [-0.1, -0.05) is 0 Å². The SMILES string of the molecule is CSc1cc2c(=O)n(CC(=O)CC3NCCCC3O)cnc2cc1I. The van der Waals surface area contributed by atoms with Crippen LogP contribution in [0.15, 0.2) is 28.2 Å². The Morgan fingerprint density at radius 2 is 2.32 bits per heavy atom. The number of rotatable bonds is 5. The minimum atomic E-state index is -0.504. The number of nitrogens with zero attached hydrogens (tertiary/aromatic N) is 2. The number of carbonyl (C=O) groups is 1. The molecule has 1 aliphatic rings. The van der Waals surface area contributed by atoms with Gasteiger partial charge in [-0.05, 0) is 60.4 Å². The van der Waals surface area contributed by atoms with E-state index < -0.39 is 6.10 Å². The Kier molecular flexibility index (Phi) is 6.13. The lowest BCUT2D eigenvalue weighted by molar-refractivity contribution is -0.121. The minimum absolute atomic E-state index is 0.0206.